The summed E-state index contributed by atoms with van der Waals surface area (Å²) in [6.07, 6.45) is -0.726. The fourth-order valence-electron chi connectivity index (χ4n) is 2.91. The van der Waals surface area contributed by atoms with Gasteiger partial charge in [0.25, 0.3) is 5.91 Å². The Labute approximate surface area is 188 Å². The first-order valence-electron chi connectivity index (χ1n) is 9.29. The summed E-state index contributed by atoms with van der Waals surface area (Å²) < 4.78 is 6.82. The molecule has 1 atom stereocenters. The van der Waals surface area contributed by atoms with Gasteiger partial charge in [0.2, 0.25) is 0 Å². The predicted molar refractivity (Wildman–Crippen MR) is 125 cm³/mol. The lowest BCUT2D eigenvalue weighted by Crippen LogP contribution is -2.30. The maximum atomic E-state index is 12.5. The van der Waals surface area contributed by atoms with Gasteiger partial charge in [-0.05, 0) is 74.0 Å². The van der Waals surface area contributed by atoms with E-state index in [1.165, 1.54) is 5.56 Å². The number of hydrogen-bond donors (Lipinski definition) is 1. The summed E-state index contributed by atoms with van der Waals surface area (Å²) in [5, 5.41) is 4.67. The standard InChI is InChI=1S/C23H18Cl2N2O2S/c1-13-3-9-19-21(11-13)30-23(27-19)15-4-7-17(8-5-15)26-22(28)14(2)29-20-10-6-16(24)12-18(20)25/h3-12,14H,1-2H3,(H,26,28). The van der Waals surface area contributed by atoms with Gasteiger partial charge >= 0.3 is 0 Å². The van der Waals surface area contributed by atoms with Crippen LogP contribution in [0.15, 0.2) is 60.7 Å². The van der Waals surface area contributed by atoms with Crippen molar-refractivity contribution in [3.63, 3.8) is 0 Å². The Hall–Kier alpha value is -2.60. The number of amides is 1. The van der Waals surface area contributed by atoms with E-state index in [4.69, 9.17) is 32.9 Å². The summed E-state index contributed by atoms with van der Waals surface area (Å²) >= 11 is 13.6. The van der Waals surface area contributed by atoms with Crippen molar-refractivity contribution in [1.29, 1.82) is 0 Å². The first-order chi connectivity index (χ1) is 14.4. The first-order valence-corrected chi connectivity index (χ1v) is 10.9. The van der Waals surface area contributed by atoms with Crippen molar-refractivity contribution in [3.05, 3.63) is 76.3 Å². The second-order valence-corrected chi connectivity index (χ2v) is 8.77. The molecule has 0 spiro atoms. The van der Waals surface area contributed by atoms with Crippen molar-refractivity contribution in [2.45, 2.75) is 20.0 Å². The number of hydrogen-bond acceptors (Lipinski definition) is 4. The van der Waals surface area contributed by atoms with Crippen LogP contribution in [0.3, 0.4) is 0 Å². The highest BCUT2D eigenvalue weighted by Gasteiger charge is 2.17. The van der Waals surface area contributed by atoms with E-state index < -0.39 is 6.10 Å². The van der Waals surface area contributed by atoms with Crippen molar-refractivity contribution >= 4 is 56.3 Å². The van der Waals surface area contributed by atoms with Gasteiger partial charge in [0.15, 0.2) is 6.10 Å². The van der Waals surface area contributed by atoms with Crippen LogP contribution in [0.5, 0.6) is 5.75 Å². The Morgan fingerprint density at radius 3 is 2.57 bits per heavy atom. The number of benzene rings is 3. The van der Waals surface area contributed by atoms with Crippen LogP contribution in [-0.2, 0) is 4.79 Å². The SMILES string of the molecule is Cc1ccc2nc(-c3ccc(NC(=O)C(C)Oc4ccc(Cl)cc4Cl)cc3)sc2c1. The number of thiazole rings is 1. The van der Waals surface area contributed by atoms with E-state index in [0.29, 0.717) is 21.5 Å². The molecule has 30 heavy (non-hydrogen) atoms. The zero-order valence-electron chi connectivity index (χ0n) is 16.3. The molecule has 152 valence electrons. The Balaban J connectivity index is 1.43. The van der Waals surface area contributed by atoms with Crippen LogP contribution in [0.2, 0.25) is 10.0 Å². The van der Waals surface area contributed by atoms with Gasteiger partial charge in [-0.15, -0.1) is 11.3 Å². The van der Waals surface area contributed by atoms with Crippen LogP contribution in [-0.4, -0.2) is 17.0 Å². The molecular formula is C23H18Cl2N2O2S. The van der Waals surface area contributed by atoms with Gasteiger partial charge < -0.3 is 10.1 Å². The molecule has 0 bridgehead atoms. The molecular weight excluding hydrogens is 439 g/mol. The number of carbonyl (C=O) groups is 1. The van der Waals surface area contributed by atoms with Gasteiger partial charge in [-0.1, -0.05) is 29.3 Å². The fourth-order valence-corrected chi connectivity index (χ4v) is 4.43. The highest BCUT2D eigenvalue weighted by atomic mass is 35.5. The predicted octanol–water partition coefficient (Wildman–Crippen LogP) is 6.98. The Morgan fingerprint density at radius 1 is 1.07 bits per heavy atom. The third kappa shape index (κ3) is 4.59. The summed E-state index contributed by atoms with van der Waals surface area (Å²) in [4.78, 5) is 17.2. The summed E-state index contributed by atoms with van der Waals surface area (Å²) in [5.74, 6) is 0.134. The van der Waals surface area contributed by atoms with E-state index >= 15 is 0 Å². The Morgan fingerprint density at radius 2 is 1.83 bits per heavy atom. The van der Waals surface area contributed by atoms with Gasteiger partial charge in [-0.25, -0.2) is 4.98 Å². The third-order valence-electron chi connectivity index (χ3n) is 4.51. The normalized spacial score (nSPS) is 12.0. The number of nitrogens with zero attached hydrogens (tertiary/aromatic N) is 1. The van der Waals surface area contributed by atoms with E-state index in [1.54, 1.807) is 36.5 Å². The average molecular weight is 457 g/mol. The molecule has 1 unspecified atom stereocenters. The van der Waals surface area contributed by atoms with Crippen molar-refractivity contribution < 1.29 is 9.53 Å². The van der Waals surface area contributed by atoms with E-state index in [-0.39, 0.29) is 5.91 Å². The summed E-state index contributed by atoms with van der Waals surface area (Å²) in [5.41, 5.74) is 3.89. The van der Waals surface area contributed by atoms with Crippen LogP contribution >= 0.6 is 34.5 Å². The summed E-state index contributed by atoms with van der Waals surface area (Å²) in [6, 6.07) is 18.7. The second kappa shape index (κ2) is 8.64. The number of ether oxygens (including phenoxy) is 1. The summed E-state index contributed by atoms with van der Waals surface area (Å²) in [7, 11) is 0. The minimum absolute atomic E-state index is 0.274. The maximum absolute atomic E-state index is 12.5. The fraction of sp³-hybridized carbons (Fsp3) is 0.130. The van der Waals surface area contributed by atoms with Crippen LogP contribution in [0.4, 0.5) is 5.69 Å². The molecule has 4 rings (SSSR count). The average Bonchev–Trinajstić information content (AvgIpc) is 3.13. The topological polar surface area (TPSA) is 51.2 Å². The Bertz CT molecular complexity index is 1220. The van der Waals surface area contributed by atoms with E-state index in [9.17, 15) is 4.79 Å². The minimum atomic E-state index is -0.726. The van der Waals surface area contributed by atoms with Gasteiger partial charge in [0.05, 0.1) is 15.2 Å². The number of nitrogens with one attached hydrogen (secondary N) is 1. The van der Waals surface area contributed by atoms with Crippen LogP contribution in [0.1, 0.15) is 12.5 Å². The molecule has 1 aromatic heterocycles. The largest absolute Gasteiger partial charge is 0.479 e. The number of aryl methyl sites for hydroxylation is 1. The van der Waals surface area contributed by atoms with Crippen molar-refractivity contribution in [1.82, 2.24) is 4.98 Å². The lowest BCUT2D eigenvalue weighted by Gasteiger charge is -2.16. The van der Waals surface area contributed by atoms with Crippen molar-refractivity contribution in [2.24, 2.45) is 0 Å². The third-order valence-corrected chi connectivity index (χ3v) is 6.11. The molecule has 0 saturated carbocycles. The number of rotatable bonds is 5. The van der Waals surface area contributed by atoms with Crippen molar-refractivity contribution in [2.75, 3.05) is 5.32 Å². The van der Waals surface area contributed by atoms with E-state index in [2.05, 4.69) is 24.4 Å². The maximum Gasteiger partial charge on any atom is 0.265 e. The minimum Gasteiger partial charge on any atom is -0.479 e. The molecule has 1 N–H and O–H groups in total. The smallest absolute Gasteiger partial charge is 0.265 e. The lowest BCUT2D eigenvalue weighted by atomic mass is 10.2. The quantitative estimate of drug-likeness (QED) is 0.352. The molecule has 3 aromatic carbocycles. The molecule has 4 aromatic rings. The highest BCUT2D eigenvalue weighted by Crippen LogP contribution is 2.31. The monoisotopic (exact) mass is 456 g/mol. The molecule has 0 radical (unpaired) electrons. The second-order valence-electron chi connectivity index (χ2n) is 6.89. The van der Waals surface area contributed by atoms with Gasteiger partial charge in [-0.2, -0.15) is 0 Å². The molecule has 4 nitrogen and oxygen atoms in total. The molecule has 1 heterocycles. The Kier molecular flexibility index (Phi) is 5.95. The van der Waals surface area contributed by atoms with Gasteiger partial charge in [-0.3, -0.25) is 4.79 Å². The molecule has 1 amide bonds. The molecule has 0 aliphatic rings. The van der Waals surface area contributed by atoms with Crippen LogP contribution in [0.25, 0.3) is 20.8 Å². The van der Waals surface area contributed by atoms with Crippen LogP contribution in [0, 0.1) is 6.92 Å². The summed E-state index contributed by atoms with van der Waals surface area (Å²) in [6.45, 7) is 3.74. The van der Waals surface area contributed by atoms with Gasteiger partial charge in [0, 0.05) is 16.3 Å². The highest BCUT2D eigenvalue weighted by molar-refractivity contribution is 7.21. The molecule has 0 fully saturated rings. The van der Waals surface area contributed by atoms with Gasteiger partial charge in [0.1, 0.15) is 10.8 Å². The van der Waals surface area contributed by atoms with E-state index in [0.717, 1.165) is 20.8 Å². The number of halogens is 2. The van der Waals surface area contributed by atoms with E-state index in [1.807, 2.05) is 30.3 Å². The number of carbonyl (C=O) groups excluding carboxylic acids is 1. The molecule has 0 saturated heterocycles. The number of aromatic nitrogens is 1. The first kappa shape index (κ1) is 20.7. The number of anilines is 1. The number of fused-ring (bicyclic) bond motifs is 1. The molecule has 7 heteroatoms. The zero-order chi connectivity index (χ0) is 21.3. The molecule has 0 aliphatic carbocycles. The molecule has 0 aliphatic heterocycles. The zero-order valence-corrected chi connectivity index (χ0v) is 18.6. The van der Waals surface area contributed by atoms with Crippen LogP contribution < -0.4 is 10.1 Å². The lowest BCUT2D eigenvalue weighted by molar-refractivity contribution is -0.122. The van der Waals surface area contributed by atoms with Crippen molar-refractivity contribution in [3.8, 4) is 16.3 Å².